The Kier molecular flexibility index (Phi) is 14.5. The topological polar surface area (TPSA) is 123 Å². The van der Waals surface area contributed by atoms with Crippen LogP contribution in [0.4, 0.5) is 9.59 Å². The summed E-state index contributed by atoms with van der Waals surface area (Å²) in [6.45, 7) is 1.83. The van der Waals surface area contributed by atoms with Gasteiger partial charge in [-0.15, -0.1) is 12.4 Å². The minimum Gasteiger partial charge on any atom is -0.445 e. The number of hydrogen-bond acceptors (Lipinski definition) is 6. The van der Waals surface area contributed by atoms with Crippen LogP contribution in [0.2, 0.25) is 0 Å². The highest BCUT2D eigenvalue weighted by Gasteiger charge is 2.15. The molecule has 4 N–H and O–H groups in total. The maximum Gasteiger partial charge on any atom is 0.410 e. The molecule has 0 aliphatic heterocycles. The number of ether oxygens (including phenoxy) is 2. The predicted molar refractivity (Wildman–Crippen MR) is 131 cm³/mol. The van der Waals surface area contributed by atoms with Crippen molar-refractivity contribution < 1.29 is 23.9 Å². The standard InChI is InChI=1S/C24H32N4O5.ClH/c25-17-22(29)26-13-7-15-28(24(31)33-19-21-11-5-2-6-12-21)16-8-14-27-23(30)32-18-20-9-3-1-4-10-20;/h1-6,9-12H,7-8,13-19,25H2,(H,26,29)(H,27,30);1H. The van der Waals surface area contributed by atoms with Crippen LogP contribution >= 0.6 is 12.4 Å². The van der Waals surface area contributed by atoms with Crippen LogP contribution in [0.15, 0.2) is 60.7 Å². The highest BCUT2D eigenvalue weighted by molar-refractivity contribution is 5.85. The lowest BCUT2D eigenvalue weighted by Crippen LogP contribution is -2.37. The Labute approximate surface area is 206 Å². The van der Waals surface area contributed by atoms with Crippen molar-refractivity contribution in [3.05, 3.63) is 71.8 Å². The highest BCUT2D eigenvalue weighted by atomic mass is 35.5. The molecule has 0 radical (unpaired) electrons. The predicted octanol–water partition coefficient (Wildman–Crippen LogP) is 2.83. The number of benzene rings is 2. The van der Waals surface area contributed by atoms with Crippen molar-refractivity contribution in [3.8, 4) is 0 Å². The fourth-order valence-corrected chi connectivity index (χ4v) is 2.91. The number of rotatable bonds is 13. The van der Waals surface area contributed by atoms with Gasteiger partial charge in [0, 0.05) is 26.2 Å². The molecule has 3 amide bonds. The van der Waals surface area contributed by atoms with Gasteiger partial charge in [-0.1, -0.05) is 60.7 Å². The Morgan fingerprint density at radius 2 is 1.26 bits per heavy atom. The van der Waals surface area contributed by atoms with Crippen LogP contribution < -0.4 is 16.4 Å². The van der Waals surface area contributed by atoms with Crippen LogP contribution in [-0.2, 0) is 27.5 Å². The van der Waals surface area contributed by atoms with E-state index in [1.54, 1.807) is 4.90 Å². The molecule has 0 atom stereocenters. The summed E-state index contributed by atoms with van der Waals surface area (Å²) in [5, 5.41) is 5.36. The fourth-order valence-electron chi connectivity index (χ4n) is 2.91. The van der Waals surface area contributed by atoms with E-state index in [1.807, 2.05) is 60.7 Å². The Bertz CT molecular complexity index is 855. The molecule has 0 aromatic heterocycles. The van der Waals surface area contributed by atoms with Gasteiger partial charge >= 0.3 is 12.2 Å². The first-order valence-corrected chi connectivity index (χ1v) is 11.0. The number of carbonyl (C=O) groups excluding carboxylic acids is 3. The van der Waals surface area contributed by atoms with E-state index < -0.39 is 12.2 Å². The van der Waals surface area contributed by atoms with Gasteiger partial charge in [0.05, 0.1) is 6.54 Å². The number of nitrogens with zero attached hydrogens (tertiary/aromatic N) is 1. The molecule has 0 saturated heterocycles. The van der Waals surface area contributed by atoms with Gasteiger partial charge in [-0.05, 0) is 24.0 Å². The minimum atomic E-state index is -0.512. The van der Waals surface area contributed by atoms with Crippen LogP contribution in [0.5, 0.6) is 0 Å². The average Bonchev–Trinajstić information content (AvgIpc) is 2.86. The number of nitrogens with two attached hydrogens (primary N) is 1. The highest BCUT2D eigenvalue weighted by Crippen LogP contribution is 2.05. The number of nitrogens with one attached hydrogen (secondary N) is 2. The molecule has 2 aromatic rings. The SMILES string of the molecule is Cl.NCC(=O)NCCCN(CCCNC(=O)OCc1ccccc1)C(=O)OCc1ccccc1. The lowest BCUT2D eigenvalue weighted by Gasteiger charge is -2.22. The number of carbonyl (C=O) groups is 3. The molecule has 2 aromatic carbocycles. The second kappa shape index (κ2) is 17.2. The number of hydrogen-bond donors (Lipinski definition) is 3. The summed E-state index contributed by atoms with van der Waals surface area (Å²) in [6, 6.07) is 18.8. The molecule has 0 heterocycles. The first-order chi connectivity index (χ1) is 16.1. The molecule has 0 spiro atoms. The summed E-state index contributed by atoms with van der Waals surface area (Å²) in [6.07, 6.45) is 0.117. The summed E-state index contributed by atoms with van der Waals surface area (Å²) in [5.74, 6) is -0.244. The van der Waals surface area contributed by atoms with Crippen molar-refractivity contribution in [2.75, 3.05) is 32.7 Å². The van der Waals surface area contributed by atoms with Crippen LogP contribution in [0, 0.1) is 0 Å². The molecule has 0 fully saturated rings. The molecule has 0 aliphatic carbocycles. The zero-order valence-corrected chi connectivity index (χ0v) is 19.9. The molecule has 186 valence electrons. The van der Waals surface area contributed by atoms with E-state index in [2.05, 4.69) is 10.6 Å². The van der Waals surface area contributed by atoms with Gasteiger partial charge in [0.1, 0.15) is 13.2 Å². The molecule has 0 aliphatic rings. The molecule has 0 bridgehead atoms. The summed E-state index contributed by atoms with van der Waals surface area (Å²) >= 11 is 0. The van der Waals surface area contributed by atoms with E-state index in [1.165, 1.54) is 0 Å². The first-order valence-electron chi connectivity index (χ1n) is 11.0. The summed E-state index contributed by atoms with van der Waals surface area (Å²) in [7, 11) is 0. The maximum absolute atomic E-state index is 12.6. The van der Waals surface area contributed by atoms with Crippen LogP contribution in [0.3, 0.4) is 0 Å². The average molecular weight is 493 g/mol. The van der Waals surface area contributed by atoms with Crippen molar-refractivity contribution in [1.29, 1.82) is 0 Å². The van der Waals surface area contributed by atoms with E-state index in [4.69, 9.17) is 15.2 Å². The Morgan fingerprint density at radius 3 is 1.79 bits per heavy atom. The van der Waals surface area contributed by atoms with Gasteiger partial charge in [0.2, 0.25) is 5.91 Å². The van der Waals surface area contributed by atoms with Crippen molar-refractivity contribution in [3.63, 3.8) is 0 Å². The smallest absolute Gasteiger partial charge is 0.410 e. The van der Waals surface area contributed by atoms with E-state index in [9.17, 15) is 14.4 Å². The van der Waals surface area contributed by atoms with Gasteiger partial charge in [0.15, 0.2) is 0 Å². The van der Waals surface area contributed by atoms with Crippen molar-refractivity contribution in [1.82, 2.24) is 15.5 Å². The number of amides is 3. The normalized spacial score (nSPS) is 9.91. The largest absolute Gasteiger partial charge is 0.445 e. The lowest BCUT2D eigenvalue weighted by molar-refractivity contribution is -0.119. The van der Waals surface area contributed by atoms with Crippen molar-refractivity contribution >= 4 is 30.5 Å². The van der Waals surface area contributed by atoms with Gasteiger partial charge in [-0.3, -0.25) is 4.79 Å². The molecule has 34 heavy (non-hydrogen) atoms. The molecular formula is C24H33ClN4O5. The Balaban J connectivity index is 0.00000578. The Morgan fingerprint density at radius 1 is 0.765 bits per heavy atom. The van der Waals surface area contributed by atoms with E-state index >= 15 is 0 Å². The molecule has 9 nitrogen and oxygen atoms in total. The van der Waals surface area contributed by atoms with Crippen LogP contribution in [0.1, 0.15) is 24.0 Å². The van der Waals surface area contributed by atoms with Crippen LogP contribution in [0.25, 0.3) is 0 Å². The third-order valence-electron chi connectivity index (χ3n) is 4.66. The van der Waals surface area contributed by atoms with Gasteiger partial charge < -0.3 is 30.7 Å². The molecule has 0 saturated carbocycles. The minimum absolute atomic E-state index is 0. The van der Waals surface area contributed by atoms with Gasteiger partial charge in [0.25, 0.3) is 0 Å². The molecule has 0 unspecified atom stereocenters. The van der Waals surface area contributed by atoms with Crippen LogP contribution in [-0.4, -0.2) is 55.7 Å². The van der Waals surface area contributed by atoms with E-state index in [0.29, 0.717) is 39.0 Å². The first kappa shape index (κ1) is 28.7. The second-order valence-electron chi connectivity index (χ2n) is 7.28. The van der Waals surface area contributed by atoms with E-state index in [0.717, 1.165) is 11.1 Å². The number of halogens is 1. The summed E-state index contributed by atoms with van der Waals surface area (Å²) < 4.78 is 10.6. The van der Waals surface area contributed by atoms with Crippen molar-refractivity contribution in [2.45, 2.75) is 26.1 Å². The number of alkyl carbamates (subject to hydrolysis) is 1. The summed E-state index contributed by atoms with van der Waals surface area (Å²) in [5.41, 5.74) is 7.07. The van der Waals surface area contributed by atoms with Gasteiger partial charge in [-0.25, -0.2) is 9.59 Å². The zero-order chi connectivity index (χ0) is 23.7. The third-order valence-corrected chi connectivity index (χ3v) is 4.66. The second-order valence-corrected chi connectivity index (χ2v) is 7.28. The molecule has 2 rings (SSSR count). The quantitative estimate of drug-likeness (QED) is 0.369. The lowest BCUT2D eigenvalue weighted by atomic mass is 10.2. The zero-order valence-electron chi connectivity index (χ0n) is 19.1. The van der Waals surface area contributed by atoms with Crippen molar-refractivity contribution in [2.24, 2.45) is 5.73 Å². The third kappa shape index (κ3) is 12.1. The maximum atomic E-state index is 12.6. The van der Waals surface area contributed by atoms with Gasteiger partial charge in [-0.2, -0.15) is 0 Å². The monoisotopic (exact) mass is 492 g/mol. The summed E-state index contributed by atoms with van der Waals surface area (Å²) in [4.78, 5) is 37.3. The molecule has 10 heteroatoms. The molecular weight excluding hydrogens is 460 g/mol. The fraction of sp³-hybridized carbons (Fsp3) is 0.375. The van der Waals surface area contributed by atoms with E-state index in [-0.39, 0.29) is 38.1 Å². The Hall–Kier alpha value is -3.30.